The van der Waals surface area contributed by atoms with Crippen LogP contribution in [-0.2, 0) is 16.8 Å². The van der Waals surface area contributed by atoms with Crippen LogP contribution < -0.4 is 10.6 Å². The van der Waals surface area contributed by atoms with Crippen LogP contribution in [0.1, 0.15) is 27.9 Å². The van der Waals surface area contributed by atoms with Crippen LogP contribution in [0, 0.1) is 0 Å². The van der Waals surface area contributed by atoms with Crippen LogP contribution in [0.15, 0.2) is 79.0 Å². The van der Waals surface area contributed by atoms with Gasteiger partial charge in [0.25, 0.3) is 5.91 Å². The van der Waals surface area contributed by atoms with Gasteiger partial charge in [-0.05, 0) is 36.2 Å². The normalized spacial score (nSPS) is 17.7. The first-order valence-corrected chi connectivity index (χ1v) is 10.5. The minimum atomic E-state index is -1.90. The number of hydrogen-bond acceptors (Lipinski definition) is 4. The molecule has 5 rings (SSSR count). The Morgan fingerprint density at radius 3 is 2.66 bits per heavy atom. The molecule has 0 unspecified atom stereocenters. The molecular weight excluding hydrogens is 402 g/mol. The van der Waals surface area contributed by atoms with Crippen molar-refractivity contribution in [1.82, 2.24) is 4.98 Å². The maximum absolute atomic E-state index is 13.4. The summed E-state index contributed by atoms with van der Waals surface area (Å²) in [5.41, 5.74) is 7.96. The number of nitrogens with two attached hydrogens (primary N) is 1. The average molecular weight is 425 g/mol. The van der Waals surface area contributed by atoms with Gasteiger partial charge in [-0.15, -0.1) is 0 Å². The molecule has 1 aliphatic heterocycles. The molecule has 2 heterocycles. The van der Waals surface area contributed by atoms with Gasteiger partial charge in [-0.2, -0.15) is 0 Å². The van der Waals surface area contributed by atoms with Crippen molar-refractivity contribution >= 4 is 34.0 Å². The number of fused-ring (bicyclic) bond motifs is 2. The largest absolute Gasteiger partial charge is 0.399 e. The van der Waals surface area contributed by atoms with Crippen LogP contribution in [0.2, 0.25) is 0 Å². The molecule has 0 bridgehead atoms. The molecule has 0 fully saturated rings. The fourth-order valence-corrected chi connectivity index (χ4v) is 4.52. The Morgan fingerprint density at radius 1 is 1.03 bits per heavy atom. The number of amides is 1. The molecule has 1 aliphatic rings. The van der Waals surface area contributed by atoms with E-state index in [9.17, 15) is 14.7 Å². The quantitative estimate of drug-likeness (QED) is 0.323. The summed E-state index contributed by atoms with van der Waals surface area (Å²) in [5, 5.41) is 12.6. The molecule has 1 atom stereocenters. The van der Waals surface area contributed by atoms with Crippen LogP contribution >= 0.6 is 0 Å². The fraction of sp³-hybridized carbons (Fsp3) is 0.154. The third kappa shape index (κ3) is 3.25. The van der Waals surface area contributed by atoms with Crippen molar-refractivity contribution in [3.8, 4) is 0 Å². The highest BCUT2D eigenvalue weighted by Gasteiger charge is 2.50. The molecule has 4 aromatic rings. The molecule has 1 aromatic heterocycles. The first-order valence-electron chi connectivity index (χ1n) is 10.5. The molecule has 32 heavy (non-hydrogen) atoms. The zero-order valence-electron chi connectivity index (χ0n) is 17.4. The highest BCUT2D eigenvalue weighted by atomic mass is 16.3. The van der Waals surface area contributed by atoms with E-state index in [2.05, 4.69) is 4.98 Å². The second-order valence-corrected chi connectivity index (χ2v) is 8.17. The van der Waals surface area contributed by atoms with Gasteiger partial charge >= 0.3 is 0 Å². The lowest BCUT2D eigenvalue weighted by molar-refractivity contribution is -0.135. The zero-order chi connectivity index (χ0) is 22.3. The number of anilines is 2. The Morgan fingerprint density at radius 2 is 1.81 bits per heavy atom. The van der Waals surface area contributed by atoms with E-state index in [4.69, 9.17) is 5.73 Å². The van der Waals surface area contributed by atoms with E-state index in [1.807, 2.05) is 42.6 Å². The third-order valence-corrected chi connectivity index (χ3v) is 6.14. The van der Waals surface area contributed by atoms with Crippen molar-refractivity contribution in [3.05, 3.63) is 95.7 Å². The van der Waals surface area contributed by atoms with Crippen molar-refractivity contribution in [3.63, 3.8) is 0 Å². The van der Waals surface area contributed by atoms with Crippen LogP contribution in [0.5, 0.6) is 0 Å². The predicted molar refractivity (Wildman–Crippen MR) is 124 cm³/mol. The maximum atomic E-state index is 13.4. The number of nitrogens with one attached hydrogen (secondary N) is 1. The molecular formula is C26H23N3O3. The smallest absolute Gasteiger partial charge is 0.264 e. The van der Waals surface area contributed by atoms with Crippen LogP contribution in [-0.4, -0.2) is 28.3 Å². The number of nitrogen functional groups attached to an aromatic ring is 1. The molecule has 6 heteroatoms. The maximum Gasteiger partial charge on any atom is 0.264 e. The Kier molecular flexibility index (Phi) is 4.79. The molecule has 3 aromatic carbocycles. The van der Waals surface area contributed by atoms with Crippen molar-refractivity contribution in [2.24, 2.45) is 0 Å². The topological polar surface area (TPSA) is 99.4 Å². The highest BCUT2D eigenvalue weighted by molar-refractivity contribution is 6.11. The molecule has 6 nitrogen and oxygen atoms in total. The number of benzene rings is 3. The van der Waals surface area contributed by atoms with Crippen molar-refractivity contribution in [2.45, 2.75) is 18.4 Å². The molecule has 0 spiro atoms. The van der Waals surface area contributed by atoms with Crippen molar-refractivity contribution < 1.29 is 14.7 Å². The van der Waals surface area contributed by atoms with Crippen LogP contribution in [0.4, 0.5) is 11.4 Å². The number of nitrogens with zero attached hydrogens (tertiary/aromatic N) is 1. The van der Waals surface area contributed by atoms with Gasteiger partial charge in [0.1, 0.15) is 0 Å². The Hall–Kier alpha value is -3.90. The lowest BCUT2D eigenvalue weighted by Crippen LogP contribution is -2.42. The Labute approximate surface area is 185 Å². The summed E-state index contributed by atoms with van der Waals surface area (Å²) in [6.45, 7) is 0.395. The molecule has 1 amide bonds. The van der Waals surface area contributed by atoms with Gasteiger partial charge in [0.2, 0.25) is 0 Å². The number of carbonyl (C=O) groups excluding carboxylic acids is 2. The number of para-hydroxylation sites is 2. The van der Waals surface area contributed by atoms with Gasteiger partial charge in [0.15, 0.2) is 11.4 Å². The Balaban J connectivity index is 1.43. The lowest BCUT2D eigenvalue weighted by atomic mass is 9.88. The number of aromatic amines is 1. The van der Waals surface area contributed by atoms with Gasteiger partial charge in [-0.1, -0.05) is 48.5 Å². The van der Waals surface area contributed by atoms with Gasteiger partial charge in [-0.25, -0.2) is 0 Å². The number of H-pyrrole nitrogens is 1. The SMILES string of the molecule is Nc1cccc(C(=O)C[C@]2(O)C(=O)N(CCc3c[nH]c4ccccc34)c3ccccc32)c1. The number of rotatable bonds is 6. The summed E-state index contributed by atoms with van der Waals surface area (Å²) in [7, 11) is 0. The van der Waals surface area contributed by atoms with Crippen molar-refractivity contribution in [1.29, 1.82) is 0 Å². The van der Waals surface area contributed by atoms with Gasteiger partial charge in [0.05, 0.1) is 12.1 Å². The molecule has 0 saturated carbocycles. The van der Waals surface area contributed by atoms with Gasteiger partial charge in [0, 0.05) is 40.5 Å². The van der Waals surface area contributed by atoms with Crippen LogP contribution in [0.25, 0.3) is 10.9 Å². The van der Waals surface area contributed by atoms with E-state index in [0.29, 0.717) is 35.5 Å². The van der Waals surface area contributed by atoms with E-state index in [-0.39, 0.29) is 12.2 Å². The Bertz CT molecular complexity index is 1340. The second-order valence-electron chi connectivity index (χ2n) is 8.17. The first-order chi connectivity index (χ1) is 15.5. The molecule has 160 valence electrons. The van der Waals surface area contributed by atoms with E-state index in [0.717, 1.165) is 16.5 Å². The van der Waals surface area contributed by atoms with Gasteiger partial charge in [-0.3, -0.25) is 9.59 Å². The summed E-state index contributed by atoms with van der Waals surface area (Å²) >= 11 is 0. The summed E-state index contributed by atoms with van der Waals surface area (Å²) < 4.78 is 0. The van der Waals surface area contributed by atoms with E-state index >= 15 is 0 Å². The van der Waals surface area contributed by atoms with Gasteiger partial charge < -0.3 is 20.7 Å². The molecule has 0 saturated heterocycles. The van der Waals surface area contributed by atoms with Crippen molar-refractivity contribution in [2.75, 3.05) is 17.2 Å². The minimum absolute atomic E-state index is 0.332. The lowest BCUT2D eigenvalue weighted by Gasteiger charge is -2.23. The molecule has 0 aliphatic carbocycles. The zero-order valence-corrected chi connectivity index (χ0v) is 17.4. The molecule has 0 radical (unpaired) electrons. The van der Waals surface area contributed by atoms with E-state index < -0.39 is 11.5 Å². The molecule has 4 N–H and O–H groups in total. The minimum Gasteiger partial charge on any atom is -0.399 e. The monoisotopic (exact) mass is 425 g/mol. The number of ketones is 1. The number of hydrogen-bond donors (Lipinski definition) is 3. The standard InChI is InChI=1S/C26H23N3O3/c27-19-7-5-6-17(14-19)24(30)15-26(32)21-9-2-4-11-23(21)29(25(26)31)13-12-18-16-28-22-10-3-1-8-20(18)22/h1-11,14,16,28,32H,12-13,15,27H2/t26-/m1/s1. The predicted octanol–water partition coefficient (Wildman–Crippen LogP) is 3.80. The second kappa shape index (κ2) is 7.66. The number of aliphatic hydroxyl groups is 1. The van der Waals surface area contributed by atoms with Crippen LogP contribution in [0.3, 0.4) is 0 Å². The number of carbonyl (C=O) groups is 2. The summed E-state index contributed by atoms with van der Waals surface area (Å²) in [5.74, 6) is -0.808. The third-order valence-electron chi connectivity index (χ3n) is 6.14. The van der Waals surface area contributed by atoms with E-state index in [1.165, 1.54) is 0 Å². The average Bonchev–Trinajstić information content (AvgIpc) is 3.30. The number of aromatic nitrogens is 1. The highest BCUT2D eigenvalue weighted by Crippen LogP contribution is 2.43. The first kappa shape index (κ1) is 20.0. The van der Waals surface area contributed by atoms with E-state index in [1.54, 1.807) is 41.3 Å². The fourth-order valence-electron chi connectivity index (χ4n) is 4.52. The number of Topliss-reactive ketones (excluding diaryl/α,β-unsaturated/α-hetero) is 1. The summed E-state index contributed by atoms with van der Waals surface area (Å²) in [4.78, 5) is 31.2. The summed E-state index contributed by atoms with van der Waals surface area (Å²) in [6.07, 6.45) is 2.23. The summed E-state index contributed by atoms with van der Waals surface area (Å²) in [6, 6.07) is 21.7.